The molecule has 0 spiro atoms. The topological polar surface area (TPSA) is 64.6 Å². The Bertz CT molecular complexity index is 922. The quantitative estimate of drug-likeness (QED) is 0.579. The number of benzene rings is 2. The zero-order valence-electron chi connectivity index (χ0n) is 18.0. The highest BCUT2D eigenvalue weighted by Gasteiger charge is 2.58. The SMILES string of the molecule is COc1ccc(C(=O)C[C@](NS(=O)C(C)(C)C)(c2ccc(OC)cc2)C(F)(F)F)cc1. The van der Waals surface area contributed by atoms with Gasteiger partial charge in [0, 0.05) is 12.0 Å². The van der Waals surface area contributed by atoms with E-state index in [2.05, 4.69) is 4.72 Å². The number of carbonyl (C=O) groups is 1. The van der Waals surface area contributed by atoms with Crippen LogP contribution in [0.15, 0.2) is 48.5 Å². The molecule has 170 valence electrons. The molecule has 2 aromatic carbocycles. The Balaban J connectivity index is 2.59. The molecule has 2 rings (SSSR count). The molecule has 5 nitrogen and oxygen atoms in total. The van der Waals surface area contributed by atoms with E-state index < -0.39 is 39.7 Å². The summed E-state index contributed by atoms with van der Waals surface area (Å²) in [5.74, 6) is 0.0770. The number of nitrogens with one attached hydrogen (secondary N) is 1. The van der Waals surface area contributed by atoms with Crippen LogP contribution in [0.25, 0.3) is 0 Å². The fourth-order valence-electron chi connectivity index (χ4n) is 2.83. The van der Waals surface area contributed by atoms with Crippen LogP contribution in [0.4, 0.5) is 13.2 Å². The number of methoxy groups -OCH3 is 2. The van der Waals surface area contributed by atoms with Crippen LogP contribution >= 0.6 is 0 Å². The first-order valence-electron chi connectivity index (χ1n) is 9.42. The zero-order valence-corrected chi connectivity index (χ0v) is 18.8. The predicted octanol–water partition coefficient (Wildman–Crippen LogP) is 4.79. The minimum atomic E-state index is -4.93. The number of hydrogen-bond acceptors (Lipinski definition) is 4. The zero-order chi connectivity index (χ0) is 23.4. The molecule has 2 atom stereocenters. The maximum absolute atomic E-state index is 14.6. The molecule has 0 aromatic heterocycles. The van der Waals surface area contributed by atoms with Gasteiger partial charge < -0.3 is 9.47 Å². The van der Waals surface area contributed by atoms with Crippen LogP contribution in [0.2, 0.25) is 0 Å². The summed E-state index contributed by atoms with van der Waals surface area (Å²) in [6, 6.07) is 11.0. The van der Waals surface area contributed by atoms with Crippen molar-refractivity contribution in [3.05, 3.63) is 59.7 Å². The van der Waals surface area contributed by atoms with E-state index in [9.17, 15) is 22.2 Å². The lowest BCUT2D eigenvalue weighted by Gasteiger charge is -2.38. The summed E-state index contributed by atoms with van der Waals surface area (Å²) in [6.45, 7) is 4.66. The molecule has 31 heavy (non-hydrogen) atoms. The number of carbonyl (C=O) groups excluding carboxylic acids is 1. The molecule has 0 heterocycles. The number of alkyl halides is 3. The number of rotatable bonds is 8. The third kappa shape index (κ3) is 5.65. The first-order valence-corrected chi connectivity index (χ1v) is 10.6. The summed E-state index contributed by atoms with van der Waals surface area (Å²) in [7, 11) is 0.728. The van der Waals surface area contributed by atoms with Crippen molar-refractivity contribution < 1.29 is 31.6 Å². The Morgan fingerprint density at radius 2 is 1.35 bits per heavy atom. The average molecular weight is 458 g/mol. The molecule has 0 bridgehead atoms. The van der Waals surface area contributed by atoms with Crippen LogP contribution < -0.4 is 14.2 Å². The first kappa shape index (κ1) is 24.9. The highest BCUT2D eigenvalue weighted by molar-refractivity contribution is 7.84. The molecule has 1 unspecified atom stereocenters. The van der Waals surface area contributed by atoms with Gasteiger partial charge in [-0.15, -0.1) is 0 Å². The number of ether oxygens (including phenoxy) is 2. The van der Waals surface area contributed by atoms with Crippen LogP contribution in [0.5, 0.6) is 11.5 Å². The van der Waals surface area contributed by atoms with Gasteiger partial charge in [0.1, 0.15) is 11.5 Å². The molecular formula is C22H26F3NO4S. The molecule has 0 radical (unpaired) electrons. The van der Waals surface area contributed by atoms with E-state index in [1.165, 1.54) is 62.8 Å². The Morgan fingerprint density at radius 1 is 0.903 bits per heavy atom. The molecule has 0 aliphatic heterocycles. The maximum atomic E-state index is 14.6. The molecule has 0 saturated heterocycles. The van der Waals surface area contributed by atoms with Gasteiger partial charge in [-0.05, 0) is 62.7 Å². The van der Waals surface area contributed by atoms with Gasteiger partial charge in [0.25, 0.3) is 0 Å². The maximum Gasteiger partial charge on any atom is 0.412 e. The van der Waals surface area contributed by atoms with Crippen molar-refractivity contribution in [2.75, 3.05) is 14.2 Å². The number of halogens is 3. The van der Waals surface area contributed by atoms with E-state index in [0.29, 0.717) is 11.5 Å². The molecule has 0 saturated carbocycles. The van der Waals surface area contributed by atoms with Crippen molar-refractivity contribution in [3.63, 3.8) is 0 Å². The summed E-state index contributed by atoms with van der Waals surface area (Å²) in [4.78, 5) is 12.9. The lowest BCUT2D eigenvalue weighted by atomic mass is 9.83. The van der Waals surface area contributed by atoms with E-state index in [-0.39, 0.29) is 11.1 Å². The van der Waals surface area contributed by atoms with Crippen LogP contribution in [0.1, 0.15) is 43.1 Å². The van der Waals surface area contributed by atoms with Crippen LogP contribution in [0, 0.1) is 0 Å². The molecule has 0 aliphatic rings. The van der Waals surface area contributed by atoms with Gasteiger partial charge in [-0.25, -0.2) is 8.93 Å². The van der Waals surface area contributed by atoms with Crippen LogP contribution in [0.3, 0.4) is 0 Å². The molecule has 9 heteroatoms. The highest BCUT2D eigenvalue weighted by Crippen LogP contribution is 2.44. The third-order valence-corrected chi connectivity index (χ3v) is 6.37. The lowest BCUT2D eigenvalue weighted by Crippen LogP contribution is -2.57. The lowest BCUT2D eigenvalue weighted by molar-refractivity contribution is -0.193. The third-order valence-electron chi connectivity index (χ3n) is 4.73. The Hall–Kier alpha value is -2.39. The van der Waals surface area contributed by atoms with E-state index in [1.807, 2.05) is 0 Å². The normalized spacial score (nSPS) is 15.1. The Morgan fingerprint density at radius 3 is 1.74 bits per heavy atom. The number of Topliss-reactive ketones (excluding diaryl/α,β-unsaturated/α-hetero) is 1. The fraction of sp³-hybridized carbons (Fsp3) is 0.409. The van der Waals surface area contributed by atoms with Crippen molar-refractivity contribution >= 4 is 16.8 Å². The Kier molecular flexibility index (Phi) is 7.54. The van der Waals surface area contributed by atoms with E-state index in [4.69, 9.17) is 9.47 Å². The molecule has 1 N–H and O–H groups in total. The summed E-state index contributed by atoms with van der Waals surface area (Å²) < 4.78 is 67.8. The van der Waals surface area contributed by atoms with Crippen molar-refractivity contribution in [2.45, 2.75) is 43.7 Å². The predicted molar refractivity (Wildman–Crippen MR) is 114 cm³/mol. The standard InChI is InChI=1S/C22H26F3NO4S/c1-20(2,3)31(28)26-21(22(23,24)25,16-8-12-18(30-5)13-9-16)14-19(27)15-6-10-17(29-4)11-7-15/h6-13,26H,14H2,1-5H3/t21-,31?/m0/s1. The first-order chi connectivity index (χ1) is 14.3. The average Bonchev–Trinajstić information content (AvgIpc) is 2.71. The van der Waals surface area contributed by atoms with E-state index >= 15 is 0 Å². The highest BCUT2D eigenvalue weighted by atomic mass is 32.2. The second kappa shape index (κ2) is 9.40. The van der Waals surface area contributed by atoms with Crippen LogP contribution in [-0.4, -0.2) is 35.1 Å². The molecular weight excluding hydrogens is 431 g/mol. The molecule has 2 aromatic rings. The van der Waals surface area contributed by atoms with Gasteiger partial charge in [-0.3, -0.25) is 4.79 Å². The fourth-order valence-corrected chi connectivity index (χ4v) is 3.75. The smallest absolute Gasteiger partial charge is 0.412 e. The molecule has 0 aliphatic carbocycles. The van der Waals surface area contributed by atoms with Crippen molar-refractivity contribution in [2.24, 2.45) is 0 Å². The summed E-state index contributed by atoms with van der Waals surface area (Å²) in [6.07, 6.45) is -5.90. The largest absolute Gasteiger partial charge is 0.497 e. The molecule has 0 fully saturated rings. The minimum absolute atomic E-state index is 0.0891. The van der Waals surface area contributed by atoms with Crippen molar-refractivity contribution in [1.29, 1.82) is 0 Å². The van der Waals surface area contributed by atoms with Gasteiger partial charge >= 0.3 is 6.18 Å². The summed E-state index contributed by atoms with van der Waals surface area (Å²) in [5, 5.41) is 0. The minimum Gasteiger partial charge on any atom is -0.497 e. The van der Waals surface area contributed by atoms with E-state index in [1.54, 1.807) is 20.8 Å². The van der Waals surface area contributed by atoms with Crippen LogP contribution in [-0.2, 0) is 16.5 Å². The second-order valence-electron chi connectivity index (χ2n) is 7.94. The summed E-state index contributed by atoms with van der Waals surface area (Å²) >= 11 is 0. The second-order valence-corrected chi connectivity index (χ2v) is 9.91. The van der Waals surface area contributed by atoms with Gasteiger partial charge in [0.2, 0.25) is 0 Å². The van der Waals surface area contributed by atoms with Gasteiger partial charge in [0.05, 0.1) is 30.0 Å². The molecule has 0 amide bonds. The van der Waals surface area contributed by atoms with Gasteiger partial charge in [-0.2, -0.15) is 13.2 Å². The van der Waals surface area contributed by atoms with Gasteiger partial charge in [0.15, 0.2) is 11.3 Å². The van der Waals surface area contributed by atoms with E-state index in [0.717, 1.165) is 0 Å². The van der Waals surface area contributed by atoms with Crippen molar-refractivity contribution in [3.8, 4) is 11.5 Å². The Labute approximate surface area is 182 Å². The number of hydrogen-bond donors (Lipinski definition) is 1. The summed E-state index contributed by atoms with van der Waals surface area (Å²) in [5.41, 5.74) is -3.01. The monoisotopic (exact) mass is 457 g/mol. The van der Waals surface area contributed by atoms with Gasteiger partial charge in [-0.1, -0.05) is 12.1 Å². The number of ketones is 1. The van der Waals surface area contributed by atoms with Crippen molar-refractivity contribution in [1.82, 2.24) is 4.72 Å².